The number of aryl methyl sites for hydroxylation is 1. The number of hydrogen-bond acceptors (Lipinski definition) is 3. The SMILES string of the molecule is Cc1cc(Br)cnc1NC(=O)c1cc(F)cnc1Cl. The van der Waals surface area contributed by atoms with E-state index < -0.39 is 11.7 Å². The number of rotatable bonds is 2. The first-order valence-corrected chi connectivity index (χ1v) is 6.39. The maximum Gasteiger partial charge on any atom is 0.260 e. The van der Waals surface area contributed by atoms with E-state index in [9.17, 15) is 9.18 Å². The summed E-state index contributed by atoms with van der Waals surface area (Å²) >= 11 is 9.03. The van der Waals surface area contributed by atoms with Crippen LogP contribution in [0.5, 0.6) is 0 Å². The summed E-state index contributed by atoms with van der Waals surface area (Å²) in [5, 5.41) is 2.50. The van der Waals surface area contributed by atoms with Gasteiger partial charge in [0.2, 0.25) is 0 Å². The Balaban J connectivity index is 2.28. The Kier molecular flexibility index (Phi) is 4.11. The van der Waals surface area contributed by atoms with Crippen molar-refractivity contribution in [2.75, 3.05) is 5.32 Å². The number of aromatic nitrogens is 2. The fraction of sp³-hybridized carbons (Fsp3) is 0.0833. The van der Waals surface area contributed by atoms with Gasteiger partial charge in [0.15, 0.2) is 0 Å². The number of hydrogen-bond donors (Lipinski definition) is 1. The highest BCUT2D eigenvalue weighted by molar-refractivity contribution is 9.10. The minimum Gasteiger partial charge on any atom is -0.306 e. The van der Waals surface area contributed by atoms with E-state index in [0.29, 0.717) is 5.82 Å². The zero-order valence-corrected chi connectivity index (χ0v) is 12.1. The number of pyridine rings is 2. The van der Waals surface area contributed by atoms with Gasteiger partial charge in [-0.2, -0.15) is 0 Å². The molecule has 2 aromatic rings. The lowest BCUT2D eigenvalue weighted by Crippen LogP contribution is -2.15. The highest BCUT2D eigenvalue weighted by Gasteiger charge is 2.14. The Morgan fingerprint density at radius 3 is 2.79 bits per heavy atom. The van der Waals surface area contributed by atoms with Crippen LogP contribution in [-0.4, -0.2) is 15.9 Å². The van der Waals surface area contributed by atoms with E-state index in [-0.39, 0.29) is 10.7 Å². The van der Waals surface area contributed by atoms with Gasteiger partial charge in [-0.15, -0.1) is 0 Å². The van der Waals surface area contributed by atoms with E-state index in [1.165, 1.54) is 0 Å². The van der Waals surface area contributed by atoms with E-state index in [2.05, 4.69) is 31.2 Å². The number of carbonyl (C=O) groups excluding carboxylic acids is 1. The molecule has 1 amide bonds. The molecule has 0 radical (unpaired) electrons. The molecule has 2 aromatic heterocycles. The monoisotopic (exact) mass is 343 g/mol. The molecular weight excluding hydrogens is 337 g/mol. The predicted octanol–water partition coefficient (Wildman–Crippen LogP) is 3.59. The Morgan fingerprint density at radius 1 is 1.37 bits per heavy atom. The van der Waals surface area contributed by atoms with Crippen LogP contribution in [-0.2, 0) is 0 Å². The second-order valence-corrected chi connectivity index (χ2v) is 5.04. The molecule has 0 aliphatic heterocycles. The van der Waals surface area contributed by atoms with Crippen molar-refractivity contribution in [3.05, 3.63) is 51.1 Å². The number of amides is 1. The smallest absolute Gasteiger partial charge is 0.260 e. The van der Waals surface area contributed by atoms with Crippen molar-refractivity contribution < 1.29 is 9.18 Å². The quantitative estimate of drug-likeness (QED) is 0.847. The van der Waals surface area contributed by atoms with E-state index in [0.717, 1.165) is 22.3 Å². The van der Waals surface area contributed by atoms with Gasteiger partial charge in [-0.1, -0.05) is 11.6 Å². The largest absolute Gasteiger partial charge is 0.306 e. The van der Waals surface area contributed by atoms with Crippen LogP contribution in [0.2, 0.25) is 5.15 Å². The molecule has 0 fully saturated rings. The summed E-state index contributed by atoms with van der Waals surface area (Å²) in [6.07, 6.45) is 2.50. The van der Waals surface area contributed by atoms with E-state index in [4.69, 9.17) is 11.6 Å². The number of nitrogens with zero attached hydrogens (tertiary/aromatic N) is 2. The molecule has 0 saturated heterocycles. The minimum absolute atomic E-state index is 0.0363. The molecular formula is C12H8BrClFN3O. The van der Waals surface area contributed by atoms with Crippen molar-refractivity contribution in [2.45, 2.75) is 6.92 Å². The maximum atomic E-state index is 13.1. The average Bonchev–Trinajstić information content (AvgIpc) is 2.35. The summed E-state index contributed by atoms with van der Waals surface area (Å²) < 4.78 is 13.9. The van der Waals surface area contributed by atoms with Gasteiger partial charge in [-0.25, -0.2) is 14.4 Å². The van der Waals surface area contributed by atoms with Gasteiger partial charge >= 0.3 is 0 Å². The molecule has 0 atom stereocenters. The highest BCUT2D eigenvalue weighted by Crippen LogP contribution is 2.19. The Labute approximate surface area is 122 Å². The van der Waals surface area contributed by atoms with E-state index in [1.807, 2.05) is 0 Å². The third-order valence-corrected chi connectivity index (χ3v) is 3.06. The third kappa shape index (κ3) is 3.27. The molecule has 0 aliphatic carbocycles. The molecule has 0 unspecified atom stereocenters. The van der Waals surface area contributed by atoms with Crippen LogP contribution < -0.4 is 5.32 Å². The molecule has 98 valence electrons. The molecule has 0 aliphatic rings. The summed E-state index contributed by atoms with van der Waals surface area (Å²) in [6.45, 7) is 1.79. The fourth-order valence-electron chi connectivity index (χ4n) is 1.43. The molecule has 0 spiro atoms. The lowest BCUT2D eigenvalue weighted by atomic mass is 10.2. The van der Waals surface area contributed by atoms with Crippen LogP contribution in [0.1, 0.15) is 15.9 Å². The predicted molar refractivity (Wildman–Crippen MR) is 73.8 cm³/mol. The first-order valence-electron chi connectivity index (χ1n) is 5.22. The number of anilines is 1. The van der Waals surface area contributed by atoms with Gasteiger partial charge in [0, 0.05) is 10.7 Å². The summed E-state index contributed by atoms with van der Waals surface area (Å²) in [6, 6.07) is 2.83. The first-order chi connectivity index (χ1) is 8.97. The zero-order valence-electron chi connectivity index (χ0n) is 9.75. The van der Waals surface area contributed by atoms with Gasteiger partial charge in [0.05, 0.1) is 11.8 Å². The van der Waals surface area contributed by atoms with Gasteiger partial charge in [-0.3, -0.25) is 4.79 Å². The van der Waals surface area contributed by atoms with Crippen molar-refractivity contribution in [3.63, 3.8) is 0 Å². The second kappa shape index (κ2) is 5.63. The maximum absolute atomic E-state index is 13.1. The number of halogens is 3. The zero-order chi connectivity index (χ0) is 14.0. The topological polar surface area (TPSA) is 54.9 Å². The Hall–Kier alpha value is -1.53. The lowest BCUT2D eigenvalue weighted by molar-refractivity contribution is 0.102. The van der Waals surface area contributed by atoms with Gasteiger partial charge in [0.25, 0.3) is 5.91 Å². The summed E-state index contributed by atoms with van der Waals surface area (Å²) in [7, 11) is 0. The molecule has 2 heterocycles. The normalized spacial score (nSPS) is 10.3. The molecule has 7 heteroatoms. The van der Waals surface area contributed by atoms with Crippen LogP contribution in [0.15, 0.2) is 29.0 Å². The van der Waals surface area contributed by atoms with Crippen molar-refractivity contribution >= 4 is 39.3 Å². The molecule has 4 nitrogen and oxygen atoms in total. The molecule has 1 N–H and O–H groups in total. The van der Waals surface area contributed by atoms with Crippen LogP contribution in [0, 0.1) is 12.7 Å². The van der Waals surface area contributed by atoms with Crippen LogP contribution in [0.25, 0.3) is 0 Å². The molecule has 0 aromatic carbocycles. The minimum atomic E-state index is -0.630. The summed E-state index contributed by atoms with van der Waals surface area (Å²) in [5.41, 5.74) is 0.731. The van der Waals surface area contributed by atoms with Crippen LogP contribution in [0.4, 0.5) is 10.2 Å². The number of carbonyl (C=O) groups is 1. The third-order valence-electron chi connectivity index (χ3n) is 2.33. The summed E-state index contributed by atoms with van der Waals surface area (Å²) in [5.74, 6) is -0.807. The van der Waals surface area contributed by atoms with Crippen LogP contribution >= 0.6 is 27.5 Å². The van der Waals surface area contributed by atoms with Gasteiger partial charge in [-0.05, 0) is 40.5 Å². The van der Waals surface area contributed by atoms with Crippen LogP contribution in [0.3, 0.4) is 0 Å². The molecule has 0 bridgehead atoms. The Bertz CT molecular complexity index is 651. The van der Waals surface area contributed by atoms with E-state index in [1.54, 1.807) is 19.2 Å². The second-order valence-electron chi connectivity index (χ2n) is 3.77. The van der Waals surface area contributed by atoms with Crippen molar-refractivity contribution in [1.82, 2.24) is 9.97 Å². The van der Waals surface area contributed by atoms with Crippen molar-refractivity contribution in [1.29, 1.82) is 0 Å². The van der Waals surface area contributed by atoms with E-state index >= 15 is 0 Å². The van der Waals surface area contributed by atoms with Gasteiger partial charge < -0.3 is 5.32 Å². The van der Waals surface area contributed by atoms with Crippen molar-refractivity contribution in [3.8, 4) is 0 Å². The molecule has 0 saturated carbocycles. The first kappa shape index (κ1) is 13.9. The number of nitrogens with one attached hydrogen (secondary N) is 1. The molecule has 2 rings (SSSR count). The van der Waals surface area contributed by atoms with Crippen molar-refractivity contribution in [2.24, 2.45) is 0 Å². The Morgan fingerprint density at radius 2 is 2.11 bits per heavy atom. The fourth-order valence-corrected chi connectivity index (χ4v) is 2.06. The summed E-state index contributed by atoms with van der Waals surface area (Å²) in [4.78, 5) is 19.6. The average molecular weight is 345 g/mol. The standard InChI is InChI=1S/C12H8BrClFN3O/c1-6-2-7(13)4-17-11(6)18-12(19)9-3-8(15)5-16-10(9)14/h2-5H,1H3,(H,17,18,19). The van der Waals surface area contributed by atoms with Gasteiger partial charge in [0.1, 0.15) is 16.8 Å². The highest BCUT2D eigenvalue weighted by atomic mass is 79.9. The molecule has 19 heavy (non-hydrogen) atoms. The lowest BCUT2D eigenvalue weighted by Gasteiger charge is -2.08.